The molecule has 5 heteroatoms. The van der Waals surface area contributed by atoms with Crippen LogP contribution in [-0.4, -0.2) is 30.8 Å². The number of halogens is 1. The maximum atomic E-state index is 11.8. The average molecular weight is 216 g/mol. The highest BCUT2D eigenvalue weighted by Gasteiger charge is 2.12. The van der Waals surface area contributed by atoms with E-state index in [1.165, 1.54) is 0 Å². The predicted octanol–water partition coefficient (Wildman–Crippen LogP) is 1.03. The number of hydrogen-bond donors (Lipinski definition) is 3. The van der Waals surface area contributed by atoms with E-state index in [1.54, 1.807) is 6.92 Å². The monoisotopic (exact) mass is 216 g/mol. The van der Waals surface area contributed by atoms with Crippen LogP contribution in [0.3, 0.4) is 0 Å². The Morgan fingerprint density at radius 3 is 2.53 bits per heavy atom. The van der Waals surface area contributed by atoms with Crippen molar-refractivity contribution in [2.24, 2.45) is 0 Å². The zero-order valence-electron chi connectivity index (χ0n) is 9.06. The van der Waals surface area contributed by atoms with Crippen LogP contribution in [0.1, 0.15) is 13.8 Å². The fourth-order valence-corrected chi connectivity index (χ4v) is 0.950. The molecule has 0 aromatic heterocycles. The number of aliphatic hydroxyl groups excluding tert-OH is 1. The van der Waals surface area contributed by atoms with Crippen LogP contribution in [0.5, 0.6) is 0 Å². The van der Waals surface area contributed by atoms with Gasteiger partial charge in [-0.3, -0.25) is 4.79 Å². The van der Waals surface area contributed by atoms with Gasteiger partial charge in [-0.2, -0.15) is 0 Å². The highest BCUT2D eigenvalue weighted by Crippen LogP contribution is 2.07. The minimum Gasteiger partial charge on any atom is -0.505 e. The quantitative estimate of drug-likeness (QED) is 0.353. The smallest absolute Gasteiger partial charge is 0.254 e. The van der Waals surface area contributed by atoms with Crippen molar-refractivity contribution in [2.75, 3.05) is 19.8 Å². The molecule has 0 aliphatic rings. The molecule has 0 unspecified atom stereocenters. The zero-order chi connectivity index (χ0) is 11.8. The number of rotatable bonds is 6. The number of amides is 1. The van der Waals surface area contributed by atoms with Crippen LogP contribution in [0, 0.1) is 0 Å². The van der Waals surface area contributed by atoms with Crippen LogP contribution in [0.2, 0.25) is 0 Å². The number of carbonyl (C=O) groups excluding carboxylic acids is 1. The third kappa shape index (κ3) is 4.49. The first-order valence-corrected chi connectivity index (χ1v) is 4.71. The van der Waals surface area contributed by atoms with Crippen molar-refractivity contribution in [2.45, 2.75) is 13.8 Å². The van der Waals surface area contributed by atoms with E-state index in [1.807, 2.05) is 6.92 Å². The molecular formula is C10H17FN2O2. The van der Waals surface area contributed by atoms with E-state index >= 15 is 0 Å². The summed E-state index contributed by atoms with van der Waals surface area (Å²) in [5.74, 6) is -0.768. The molecule has 0 saturated heterocycles. The zero-order valence-corrected chi connectivity index (χ0v) is 9.06. The van der Waals surface area contributed by atoms with E-state index in [2.05, 4.69) is 17.2 Å². The molecule has 0 aromatic carbocycles. The molecule has 0 atom stereocenters. The molecule has 0 spiro atoms. The summed E-state index contributed by atoms with van der Waals surface area (Å²) < 4.78 is 11.8. The van der Waals surface area contributed by atoms with Crippen LogP contribution >= 0.6 is 0 Å². The fourth-order valence-electron chi connectivity index (χ4n) is 0.950. The highest BCUT2D eigenvalue weighted by molar-refractivity contribution is 5.96. The van der Waals surface area contributed by atoms with E-state index in [0.717, 1.165) is 0 Å². The lowest BCUT2D eigenvalue weighted by Gasteiger charge is -2.09. The summed E-state index contributed by atoms with van der Waals surface area (Å²) in [4.78, 5) is 11.3. The predicted molar refractivity (Wildman–Crippen MR) is 57.1 cm³/mol. The molecule has 0 heterocycles. The first-order valence-electron chi connectivity index (χ1n) is 4.71. The normalized spacial score (nSPS) is 11.7. The molecule has 3 N–H and O–H groups in total. The van der Waals surface area contributed by atoms with Gasteiger partial charge in [0.25, 0.3) is 5.91 Å². The van der Waals surface area contributed by atoms with Crippen molar-refractivity contribution in [3.63, 3.8) is 0 Å². The second-order valence-electron chi connectivity index (χ2n) is 2.93. The summed E-state index contributed by atoms with van der Waals surface area (Å²) in [6, 6.07) is 0. The number of aliphatic hydroxyl groups is 1. The highest BCUT2D eigenvalue weighted by atomic mass is 19.1. The number of allylic oxidation sites excluding steroid dienone is 1. The minimum atomic E-state index is -0.643. The largest absolute Gasteiger partial charge is 0.505 e. The van der Waals surface area contributed by atoms with Crippen LogP contribution in [0.4, 0.5) is 4.39 Å². The van der Waals surface area contributed by atoms with Gasteiger partial charge < -0.3 is 15.7 Å². The molecule has 0 rings (SSSR count). The van der Waals surface area contributed by atoms with Crippen molar-refractivity contribution >= 4 is 5.91 Å². The molecule has 0 aromatic rings. The Morgan fingerprint density at radius 1 is 1.47 bits per heavy atom. The number of carbonyl (C=O) groups is 1. The van der Waals surface area contributed by atoms with Gasteiger partial charge in [-0.05, 0) is 13.8 Å². The van der Waals surface area contributed by atoms with Crippen LogP contribution in [0.15, 0.2) is 23.6 Å². The lowest BCUT2D eigenvalue weighted by Crippen LogP contribution is -2.28. The number of nitrogens with one attached hydrogen (secondary N) is 2. The third-order valence-corrected chi connectivity index (χ3v) is 1.74. The SMILES string of the molecule is C=C(C(=O)NCCF)/C(O)=C(\C)NCC. The van der Waals surface area contributed by atoms with Gasteiger partial charge in [0.05, 0.1) is 11.3 Å². The van der Waals surface area contributed by atoms with E-state index in [0.29, 0.717) is 12.2 Å². The van der Waals surface area contributed by atoms with Gasteiger partial charge in [-0.15, -0.1) is 0 Å². The van der Waals surface area contributed by atoms with Gasteiger partial charge in [-0.1, -0.05) is 6.58 Å². The van der Waals surface area contributed by atoms with E-state index < -0.39 is 12.6 Å². The van der Waals surface area contributed by atoms with E-state index in [9.17, 15) is 14.3 Å². The van der Waals surface area contributed by atoms with Gasteiger partial charge >= 0.3 is 0 Å². The molecule has 0 saturated carbocycles. The summed E-state index contributed by atoms with van der Waals surface area (Å²) in [6.07, 6.45) is 0. The van der Waals surface area contributed by atoms with Crippen LogP contribution < -0.4 is 10.6 Å². The van der Waals surface area contributed by atoms with Gasteiger partial charge in [-0.25, -0.2) is 4.39 Å². The molecular weight excluding hydrogens is 199 g/mol. The second kappa shape index (κ2) is 6.86. The maximum absolute atomic E-state index is 11.8. The average Bonchev–Trinajstić information content (AvgIpc) is 2.24. The molecule has 0 aliphatic carbocycles. The molecule has 15 heavy (non-hydrogen) atoms. The van der Waals surface area contributed by atoms with Gasteiger partial charge in [0.2, 0.25) is 0 Å². The third-order valence-electron chi connectivity index (χ3n) is 1.74. The topological polar surface area (TPSA) is 61.4 Å². The molecule has 1 amide bonds. The summed E-state index contributed by atoms with van der Waals surface area (Å²) >= 11 is 0. The second-order valence-corrected chi connectivity index (χ2v) is 2.93. The minimum absolute atomic E-state index is 0.0677. The van der Waals surface area contributed by atoms with Crippen molar-refractivity contribution in [3.8, 4) is 0 Å². The Kier molecular flexibility index (Phi) is 6.17. The van der Waals surface area contributed by atoms with Crippen molar-refractivity contribution in [1.82, 2.24) is 10.6 Å². The van der Waals surface area contributed by atoms with Crippen molar-refractivity contribution in [1.29, 1.82) is 0 Å². The molecule has 0 fully saturated rings. The lowest BCUT2D eigenvalue weighted by molar-refractivity contribution is -0.117. The van der Waals surface area contributed by atoms with Gasteiger partial charge in [0.15, 0.2) is 0 Å². The van der Waals surface area contributed by atoms with E-state index in [-0.39, 0.29) is 17.9 Å². The molecule has 0 aliphatic heterocycles. The molecule has 86 valence electrons. The first kappa shape index (κ1) is 13.5. The Morgan fingerprint density at radius 2 is 2.07 bits per heavy atom. The van der Waals surface area contributed by atoms with E-state index in [4.69, 9.17) is 0 Å². The number of hydrogen-bond acceptors (Lipinski definition) is 3. The Balaban J connectivity index is 4.43. The summed E-state index contributed by atoms with van der Waals surface area (Å²) in [5.41, 5.74) is 0.403. The van der Waals surface area contributed by atoms with Crippen LogP contribution in [0.25, 0.3) is 0 Å². The van der Waals surface area contributed by atoms with Gasteiger partial charge in [0, 0.05) is 13.1 Å². The van der Waals surface area contributed by atoms with Gasteiger partial charge in [0.1, 0.15) is 12.4 Å². The Labute approximate surface area is 88.9 Å². The lowest BCUT2D eigenvalue weighted by atomic mass is 10.2. The number of alkyl halides is 1. The molecule has 0 bridgehead atoms. The summed E-state index contributed by atoms with van der Waals surface area (Å²) in [6.45, 7) is 6.84. The standard InChI is InChI=1S/C10H17FN2O2/c1-4-12-8(3)9(14)7(2)10(15)13-6-5-11/h12,14H,2,4-6H2,1,3H3,(H,13,15)/b9-8-. The fraction of sp³-hybridized carbons (Fsp3) is 0.500. The van der Waals surface area contributed by atoms with Crippen LogP contribution in [-0.2, 0) is 4.79 Å². The summed E-state index contributed by atoms with van der Waals surface area (Å²) in [7, 11) is 0. The summed E-state index contributed by atoms with van der Waals surface area (Å²) in [5, 5.41) is 14.7. The molecule has 0 radical (unpaired) electrons. The Hall–Kier alpha value is -1.52. The van der Waals surface area contributed by atoms with Crippen molar-refractivity contribution < 1.29 is 14.3 Å². The van der Waals surface area contributed by atoms with Crippen molar-refractivity contribution in [3.05, 3.63) is 23.6 Å². The molecule has 4 nitrogen and oxygen atoms in total. The first-order chi connectivity index (χ1) is 7.04. The maximum Gasteiger partial charge on any atom is 0.254 e. The Bertz CT molecular complexity index is 275.